The van der Waals surface area contributed by atoms with Crippen molar-refractivity contribution in [3.63, 3.8) is 0 Å². The van der Waals surface area contributed by atoms with Crippen molar-refractivity contribution < 1.29 is 9.53 Å². The fourth-order valence-electron chi connectivity index (χ4n) is 2.52. The van der Waals surface area contributed by atoms with Gasteiger partial charge in [-0.1, -0.05) is 25.1 Å². The standard InChI is InChI=1S/C20H18N6O2/c1-2-14-5-3-4-6-16(14)23-20-25-17(24-19(22)26-20)12-28-18(27)15-9-7-13(11-21)8-10-15/h3-10H,2,12H2,1H3,(H3,22,23,24,25,26). The van der Waals surface area contributed by atoms with E-state index in [1.807, 2.05) is 30.3 Å². The third-order valence-electron chi connectivity index (χ3n) is 3.93. The maximum atomic E-state index is 12.1. The summed E-state index contributed by atoms with van der Waals surface area (Å²) >= 11 is 0. The number of esters is 1. The van der Waals surface area contributed by atoms with Gasteiger partial charge in [-0.3, -0.25) is 0 Å². The molecule has 3 rings (SSSR count). The number of benzene rings is 2. The van der Waals surface area contributed by atoms with Gasteiger partial charge in [0, 0.05) is 5.69 Å². The monoisotopic (exact) mass is 374 g/mol. The molecule has 0 aliphatic rings. The Kier molecular flexibility index (Phi) is 5.77. The van der Waals surface area contributed by atoms with E-state index < -0.39 is 5.97 Å². The minimum atomic E-state index is -0.547. The lowest BCUT2D eigenvalue weighted by atomic mass is 10.1. The molecule has 3 aromatic rings. The largest absolute Gasteiger partial charge is 0.454 e. The number of rotatable bonds is 6. The topological polar surface area (TPSA) is 127 Å². The summed E-state index contributed by atoms with van der Waals surface area (Å²) in [5.41, 5.74) is 8.53. The van der Waals surface area contributed by atoms with E-state index in [2.05, 4.69) is 27.2 Å². The van der Waals surface area contributed by atoms with Gasteiger partial charge in [-0.05, 0) is 42.3 Å². The van der Waals surface area contributed by atoms with Crippen LogP contribution in [0.4, 0.5) is 17.6 Å². The first-order valence-electron chi connectivity index (χ1n) is 8.61. The molecule has 8 heteroatoms. The Morgan fingerprint density at radius 2 is 1.89 bits per heavy atom. The van der Waals surface area contributed by atoms with Crippen molar-refractivity contribution in [2.75, 3.05) is 11.1 Å². The van der Waals surface area contributed by atoms with Gasteiger partial charge in [0.1, 0.15) is 0 Å². The van der Waals surface area contributed by atoms with Crippen LogP contribution >= 0.6 is 0 Å². The Bertz CT molecular complexity index is 1030. The first-order valence-corrected chi connectivity index (χ1v) is 8.61. The van der Waals surface area contributed by atoms with Crippen LogP contribution in [-0.2, 0) is 17.8 Å². The quantitative estimate of drug-likeness (QED) is 0.630. The zero-order valence-corrected chi connectivity index (χ0v) is 15.2. The van der Waals surface area contributed by atoms with E-state index in [9.17, 15) is 4.79 Å². The van der Waals surface area contributed by atoms with Crippen molar-refractivity contribution in [2.24, 2.45) is 0 Å². The number of para-hydroxylation sites is 1. The molecular weight excluding hydrogens is 356 g/mol. The molecule has 28 heavy (non-hydrogen) atoms. The Morgan fingerprint density at radius 3 is 2.61 bits per heavy atom. The molecular formula is C20H18N6O2. The number of hydrogen-bond donors (Lipinski definition) is 2. The van der Waals surface area contributed by atoms with Crippen LogP contribution in [0, 0.1) is 11.3 Å². The van der Waals surface area contributed by atoms with Crippen LogP contribution < -0.4 is 11.1 Å². The molecule has 2 aromatic carbocycles. The van der Waals surface area contributed by atoms with Crippen molar-refractivity contribution in [1.29, 1.82) is 5.26 Å². The minimum Gasteiger partial charge on any atom is -0.454 e. The second-order valence-corrected chi connectivity index (χ2v) is 5.83. The van der Waals surface area contributed by atoms with Crippen molar-refractivity contribution in [1.82, 2.24) is 15.0 Å². The Balaban J connectivity index is 1.70. The summed E-state index contributed by atoms with van der Waals surface area (Å²) in [7, 11) is 0. The second-order valence-electron chi connectivity index (χ2n) is 5.83. The summed E-state index contributed by atoms with van der Waals surface area (Å²) in [5, 5.41) is 11.9. The number of carbonyl (C=O) groups is 1. The normalized spacial score (nSPS) is 10.1. The number of nitrogens with zero attached hydrogens (tertiary/aromatic N) is 4. The van der Waals surface area contributed by atoms with E-state index in [1.165, 1.54) is 12.1 Å². The van der Waals surface area contributed by atoms with E-state index in [0.29, 0.717) is 11.1 Å². The predicted molar refractivity (Wildman–Crippen MR) is 104 cm³/mol. The number of aryl methyl sites for hydroxylation is 1. The first kappa shape index (κ1) is 18.8. The Hall–Kier alpha value is -3.99. The third-order valence-corrected chi connectivity index (χ3v) is 3.93. The molecule has 0 bridgehead atoms. The number of nitriles is 1. The van der Waals surface area contributed by atoms with Crippen molar-refractivity contribution in [2.45, 2.75) is 20.0 Å². The SMILES string of the molecule is CCc1ccccc1Nc1nc(N)nc(COC(=O)c2ccc(C#N)cc2)n1. The first-order chi connectivity index (χ1) is 13.6. The Morgan fingerprint density at radius 1 is 1.14 bits per heavy atom. The van der Waals surface area contributed by atoms with Gasteiger partial charge in [-0.25, -0.2) is 4.79 Å². The molecule has 1 aromatic heterocycles. The maximum Gasteiger partial charge on any atom is 0.338 e. The number of aromatic nitrogens is 3. The number of carbonyl (C=O) groups excluding carboxylic acids is 1. The highest BCUT2D eigenvalue weighted by Gasteiger charge is 2.11. The lowest BCUT2D eigenvalue weighted by Crippen LogP contribution is -2.11. The van der Waals surface area contributed by atoms with Gasteiger partial charge in [0.25, 0.3) is 0 Å². The lowest BCUT2D eigenvalue weighted by molar-refractivity contribution is 0.0462. The number of nitrogen functional groups attached to an aromatic ring is 1. The summed E-state index contributed by atoms with van der Waals surface area (Å²) < 4.78 is 5.23. The number of nitrogens with one attached hydrogen (secondary N) is 1. The molecule has 3 N–H and O–H groups in total. The molecule has 0 spiro atoms. The molecule has 0 radical (unpaired) electrons. The smallest absolute Gasteiger partial charge is 0.338 e. The minimum absolute atomic E-state index is 0.0240. The molecule has 0 atom stereocenters. The van der Waals surface area contributed by atoms with Gasteiger partial charge in [0.2, 0.25) is 11.9 Å². The van der Waals surface area contributed by atoms with E-state index in [4.69, 9.17) is 15.7 Å². The highest BCUT2D eigenvalue weighted by molar-refractivity contribution is 5.89. The molecule has 0 saturated heterocycles. The van der Waals surface area contributed by atoms with Gasteiger partial charge in [0.15, 0.2) is 12.4 Å². The lowest BCUT2D eigenvalue weighted by Gasteiger charge is -2.11. The third kappa shape index (κ3) is 4.59. The highest BCUT2D eigenvalue weighted by Crippen LogP contribution is 2.19. The molecule has 140 valence electrons. The number of hydrogen-bond acceptors (Lipinski definition) is 8. The predicted octanol–water partition coefficient (Wildman–Crippen LogP) is 2.99. The van der Waals surface area contributed by atoms with Gasteiger partial charge in [-0.2, -0.15) is 20.2 Å². The number of anilines is 3. The van der Waals surface area contributed by atoms with Crippen LogP contribution in [0.1, 0.15) is 34.2 Å². The van der Waals surface area contributed by atoms with E-state index in [-0.39, 0.29) is 24.3 Å². The van der Waals surface area contributed by atoms with Crippen LogP contribution in [0.2, 0.25) is 0 Å². The van der Waals surface area contributed by atoms with Crippen LogP contribution in [0.3, 0.4) is 0 Å². The van der Waals surface area contributed by atoms with E-state index >= 15 is 0 Å². The van der Waals surface area contributed by atoms with Crippen LogP contribution in [0.15, 0.2) is 48.5 Å². The molecule has 0 amide bonds. The van der Waals surface area contributed by atoms with E-state index in [1.54, 1.807) is 12.1 Å². The van der Waals surface area contributed by atoms with E-state index in [0.717, 1.165) is 17.7 Å². The van der Waals surface area contributed by atoms with Crippen LogP contribution in [-0.4, -0.2) is 20.9 Å². The molecule has 0 aliphatic heterocycles. The molecule has 0 unspecified atom stereocenters. The summed E-state index contributed by atoms with van der Waals surface area (Å²) in [4.78, 5) is 24.5. The summed E-state index contributed by atoms with van der Waals surface area (Å²) in [6.07, 6.45) is 0.846. The molecule has 0 saturated carbocycles. The average molecular weight is 374 g/mol. The zero-order chi connectivity index (χ0) is 19.9. The van der Waals surface area contributed by atoms with Crippen LogP contribution in [0.5, 0.6) is 0 Å². The summed E-state index contributed by atoms with van der Waals surface area (Å²) in [6.45, 7) is 1.89. The van der Waals surface area contributed by atoms with Crippen molar-refractivity contribution in [3.8, 4) is 6.07 Å². The number of ether oxygens (including phenoxy) is 1. The van der Waals surface area contributed by atoms with Gasteiger partial charge in [-0.15, -0.1) is 0 Å². The van der Waals surface area contributed by atoms with Crippen molar-refractivity contribution in [3.05, 3.63) is 71.0 Å². The van der Waals surface area contributed by atoms with Crippen molar-refractivity contribution >= 4 is 23.6 Å². The molecule has 0 fully saturated rings. The Labute approximate surface area is 162 Å². The molecule has 1 heterocycles. The summed E-state index contributed by atoms with van der Waals surface area (Å²) in [5.74, 6) is -0.0194. The van der Waals surface area contributed by atoms with Gasteiger partial charge < -0.3 is 15.8 Å². The van der Waals surface area contributed by atoms with Crippen LogP contribution in [0.25, 0.3) is 0 Å². The highest BCUT2D eigenvalue weighted by atomic mass is 16.5. The fraction of sp³-hybridized carbons (Fsp3) is 0.150. The second kappa shape index (κ2) is 8.60. The molecule has 8 nitrogen and oxygen atoms in total. The average Bonchev–Trinajstić information content (AvgIpc) is 2.72. The van der Waals surface area contributed by atoms with Gasteiger partial charge in [0.05, 0.1) is 17.2 Å². The fourth-order valence-corrected chi connectivity index (χ4v) is 2.52. The molecule has 0 aliphatic carbocycles. The zero-order valence-electron chi connectivity index (χ0n) is 15.2. The van der Waals surface area contributed by atoms with Gasteiger partial charge >= 0.3 is 5.97 Å². The maximum absolute atomic E-state index is 12.1. The number of nitrogens with two attached hydrogens (primary N) is 1. The summed E-state index contributed by atoms with van der Waals surface area (Å²) in [6, 6.07) is 15.9.